The summed E-state index contributed by atoms with van der Waals surface area (Å²) in [5.74, 6) is 0.826. The van der Waals surface area contributed by atoms with Gasteiger partial charge < -0.3 is 5.32 Å². The Morgan fingerprint density at radius 2 is 2.40 bits per heavy atom. The first-order chi connectivity index (χ1) is 7.36. The van der Waals surface area contributed by atoms with Gasteiger partial charge in [-0.25, -0.2) is 0 Å². The summed E-state index contributed by atoms with van der Waals surface area (Å²) in [5.41, 5.74) is 3.79. The Labute approximate surface area is 89.7 Å². The van der Waals surface area contributed by atoms with Crippen molar-refractivity contribution in [3.05, 3.63) is 42.2 Å². The van der Waals surface area contributed by atoms with Crippen molar-refractivity contribution in [2.75, 3.05) is 6.54 Å². The van der Waals surface area contributed by atoms with E-state index in [1.807, 2.05) is 18.5 Å². The maximum absolute atomic E-state index is 4.24. The van der Waals surface area contributed by atoms with Gasteiger partial charge in [0.15, 0.2) is 0 Å². The first kappa shape index (κ1) is 8.86. The Kier molecular flexibility index (Phi) is 1.96. The Morgan fingerprint density at radius 3 is 3.00 bits per heavy atom. The third-order valence-corrected chi connectivity index (χ3v) is 3.35. The molecule has 3 rings (SSSR count). The van der Waals surface area contributed by atoms with Crippen LogP contribution in [0.3, 0.4) is 0 Å². The zero-order valence-corrected chi connectivity index (χ0v) is 8.61. The number of rotatable bonds is 2. The maximum atomic E-state index is 4.24. The summed E-state index contributed by atoms with van der Waals surface area (Å²) in [6, 6.07) is 2.78. The van der Waals surface area contributed by atoms with Crippen LogP contribution in [-0.2, 0) is 0 Å². The third-order valence-electron chi connectivity index (χ3n) is 3.35. The zero-order valence-electron chi connectivity index (χ0n) is 8.61. The lowest BCUT2D eigenvalue weighted by molar-refractivity contribution is 0.301. The number of nitrogens with one attached hydrogen (secondary N) is 1. The maximum Gasteiger partial charge on any atom is 0.0343 e. The highest BCUT2D eigenvalue weighted by atomic mass is 15.0. The summed E-state index contributed by atoms with van der Waals surface area (Å²) in [6.45, 7) is 4.94. The number of aromatic nitrogens is 1. The molecular weight excluding hydrogens is 184 g/mol. The largest absolute Gasteiger partial charge is 0.310 e. The molecule has 0 bridgehead atoms. The van der Waals surface area contributed by atoms with Crippen molar-refractivity contribution in [3.8, 4) is 0 Å². The smallest absolute Gasteiger partial charge is 0.0343 e. The van der Waals surface area contributed by atoms with Gasteiger partial charge in [-0.1, -0.05) is 18.7 Å². The lowest BCUT2D eigenvalue weighted by Crippen LogP contribution is -2.49. The summed E-state index contributed by atoms with van der Waals surface area (Å²) >= 11 is 0. The topological polar surface area (TPSA) is 24.9 Å². The van der Waals surface area contributed by atoms with Gasteiger partial charge in [-0.15, -0.1) is 0 Å². The zero-order chi connectivity index (χ0) is 10.3. The minimum absolute atomic E-state index is 0.618. The standard InChI is InChI=1S/C13H14N2/c1-2-9-3-11(7-14-6-9)10-4-12-8-15-13(12)5-10/h2-3,5-7,12-13,15H,1,4,8H2. The Bertz CT molecular complexity index is 434. The molecule has 0 amide bonds. The number of pyridine rings is 1. The Morgan fingerprint density at radius 1 is 1.47 bits per heavy atom. The molecule has 1 aliphatic heterocycles. The molecule has 1 aliphatic carbocycles. The van der Waals surface area contributed by atoms with Crippen LogP contribution in [0.15, 0.2) is 31.1 Å². The van der Waals surface area contributed by atoms with E-state index in [0.717, 1.165) is 11.5 Å². The molecule has 1 N–H and O–H groups in total. The van der Waals surface area contributed by atoms with E-state index in [4.69, 9.17) is 0 Å². The van der Waals surface area contributed by atoms with E-state index in [9.17, 15) is 0 Å². The van der Waals surface area contributed by atoms with Gasteiger partial charge in [-0.2, -0.15) is 0 Å². The second-order valence-corrected chi connectivity index (χ2v) is 4.30. The average Bonchev–Trinajstić information content (AvgIpc) is 2.55. The minimum atomic E-state index is 0.618. The minimum Gasteiger partial charge on any atom is -0.310 e. The second-order valence-electron chi connectivity index (χ2n) is 4.30. The van der Waals surface area contributed by atoms with Crippen molar-refractivity contribution in [1.82, 2.24) is 10.3 Å². The molecule has 2 aliphatic rings. The highest BCUT2D eigenvalue weighted by Crippen LogP contribution is 2.36. The molecule has 0 radical (unpaired) electrons. The summed E-state index contributed by atoms with van der Waals surface area (Å²) in [6.07, 6.45) is 9.18. The molecule has 1 aromatic rings. The summed E-state index contributed by atoms with van der Waals surface area (Å²) < 4.78 is 0. The lowest BCUT2D eigenvalue weighted by atomic mass is 9.93. The van der Waals surface area contributed by atoms with E-state index >= 15 is 0 Å². The number of hydrogen-bond donors (Lipinski definition) is 1. The fourth-order valence-electron chi connectivity index (χ4n) is 2.34. The van der Waals surface area contributed by atoms with Crippen molar-refractivity contribution >= 4 is 11.6 Å². The number of hydrogen-bond acceptors (Lipinski definition) is 2. The molecule has 0 aromatic carbocycles. The molecule has 1 fully saturated rings. The molecule has 15 heavy (non-hydrogen) atoms. The first-order valence-corrected chi connectivity index (χ1v) is 5.39. The lowest BCUT2D eigenvalue weighted by Gasteiger charge is -2.31. The highest BCUT2D eigenvalue weighted by Gasteiger charge is 2.34. The van der Waals surface area contributed by atoms with Gasteiger partial charge >= 0.3 is 0 Å². The summed E-state index contributed by atoms with van der Waals surface area (Å²) in [5, 5.41) is 3.42. The molecule has 2 nitrogen and oxygen atoms in total. The molecule has 0 spiro atoms. The van der Waals surface area contributed by atoms with Crippen molar-refractivity contribution in [2.24, 2.45) is 5.92 Å². The van der Waals surface area contributed by atoms with Gasteiger partial charge in [-0.3, -0.25) is 4.98 Å². The normalized spacial score (nSPS) is 27.9. The van der Waals surface area contributed by atoms with Crippen LogP contribution >= 0.6 is 0 Å². The van der Waals surface area contributed by atoms with Crippen molar-refractivity contribution < 1.29 is 0 Å². The molecule has 2 heterocycles. The number of allylic oxidation sites excluding steroid dienone is 1. The van der Waals surface area contributed by atoms with Crippen LogP contribution in [0.25, 0.3) is 11.6 Å². The van der Waals surface area contributed by atoms with Crippen LogP contribution in [0.1, 0.15) is 17.5 Å². The first-order valence-electron chi connectivity index (χ1n) is 5.39. The molecule has 76 valence electrons. The molecule has 0 saturated carbocycles. The monoisotopic (exact) mass is 198 g/mol. The second kappa shape index (κ2) is 3.31. The van der Waals surface area contributed by atoms with Gasteiger partial charge in [0.1, 0.15) is 0 Å². The van der Waals surface area contributed by atoms with E-state index in [1.54, 1.807) is 0 Å². The fraction of sp³-hybridized carbons (Fsp3) is 0.308. The SMILES string of the molecule is C=Cc1cncc(C2=CC3NCC3C2)c1. The van der Waals surface area contributed by atoms with E-state index in [0.29, 0.717) is 6.04 Å². The summed E-state index contributed by atoms with van der Waals surface area (Å²) in [4.78, 5) is 4.24. The number of nitrogens with zero attached hydrogens (tertiary/aromatic N) is 1. The van der Waals surface area contributed by atoms with Crippen LogP contribution < -0.4 is 5.32 Å². The predicted octanol–water partition coefficient (Wildman–Crippen LogP) is 2.10. The van der Waals surface area contributed by atoms with Crippen molar-refractivity contribution in [1.29, 1.82) is 0 Å². The van der Waals surface area contributed by atoms with E-state index in [1.165, 1.54) is 24.1 Å². The molecule has 2 unspecified atom stereocenters. The van der Waals surface area contributed by atoms with Gasteiger partial charge in [0.05, 0.1) is 0 Å². The van der Waals surface area contributed by atoms with Crippen LogP contribution in [-0.4, -0.2) is 17.6 Å². The third kappa shape index (κ3) is 1.41. The van der Waals surface area contributed by atoms with Gasteiger partial charge in [0.25, 0.3) is 0 Å². The quantitative estimate of drug-likeness (QED) is 0.787. The molecule has 2 atom stereocenters. The Hall–Kier alpha value is -1.41. The van der Waals surface area contributed by atoms with Crippen LogP contribution in [0.2, 0.25) is 0 Å². The van der Waals surface area contributed by atoms with Crippen molar-refractivity contribution in [2.45, 2.75) is 12.5 Å². The molecule has 1 aromatic heterocycles. The number of fused-ring (bicyclic) bond motifs is 1. The average molecular weight is 198 g/mol. The molecule has 2 heteroatoms. The van der Waals surface area contributed by atoms with Gasteiger partial charge in [0, 0.05) is 25.0 Å². The van der Waals surface area contributed by atoms with Gasteiger partial charge in [0.2, 0.25) is 0 Å². The fourth-order valence-corrected chi connectivity index (χ4v) is 2.34. The molecular formula is C13H14N2. The van der Waals surface area contributed by atoms with E-state index < -0.39 is 0 Å². The molecule has 1 saturated heterocycles. The van der Waals surface area contributed by atoms with Crippen LogP contribution in [0.4, 0.5) is 0 Å². The van der Waals surface area contributed by atoms with E-state index in [2.05, 4.69) is 29.0 Å². The van der Waals surface area contributed by atoms with Crippen LogP contribution in [0, 0.1) is 5.92 Å². The summed E-state index contributed by atoms with van der Waals surface area (Å²) in [7, 11) is 0. The Balaban J connectivity index is 1.92. The van der Waals surface area contributed by atoms with Gasteiger partial charge in [-0.05, 0) is 35.1 Å². The predicted molar refractivity (Wildman–Crippen MR) is 62.2 cm³/mol. The van der Waals surface area contributed by atoms with Crippen molar-refractivity contribution in [3.63, 3.8) is 0 Å². The van der Waals surface area contributed by atoms with E-state index in [-0.39, 0.29) is 0 Å². The highest BCUT2D eigenvalue weighted by molar-refractivity contribution is 5.70. The van der Waals surface area contributed by atoms with Crippen LogP contribution in [0.5, 0.6) is 0 Å².